The maximum absolute atomic E-state index is 4.47. The Morgan fingerprint density at radius 3 is 2.90 bits per heavy atom. The number of nitrogens with one attached hydrogen (secondary N) is 1. The molecule has 3 nitrogen and oxygen atoms in total. The fourth-order valence-corrected chi connectivity index (χ4v) is 3.23. The fraction of sp³-hybridized carbons (Fsp3) is 0.706. The molecule has 1 aliphatic rings. The van der Waals surface area contributed by atoms with E-state index in [1.54, 1.807) is 0 Å². The van der Waals surface area contributed by atoms with E-state index in [4.69, 9.17) is 0 Å². The van der Waals surface area contributed by atoms with Gasteiger partial charge in [-0.2, -0.15) is 0 Å². The second-order valence-electron chi connectivity index (χ2n) is 5.86. The van der Waals surface area contributed by atoms with Crippen molar-refractivity contribution in [2.75, 3.05) is 13.1 Å². The lowest BCUT2D eigenvalue weighted by Crippen LogP contribution is -2.44. The number of rotatable bonds is 7. The predicted octanol–water partition coefficient (Wildman–Crippen LogP) is 3.21. The first-order chi connectivity index (χ1) is 9.83. The van der Waals surface area contributed by atoms with Crippen molar-refractivity contribution < 1.29 is 0 Å². The Morgan fingerprint density at radius 2 is 2.20 bits per heavy atom. The molecule has 1 heterocycles. The minimum atomic E-state index is 0.713. The molecule has 112 valence electrons. The van der Waals surface area contributed by atoms with Gasteiger partial charge < -0.3 is 5.32 Å². The van der Waals surface area contributed by atoms with Gasteiger partial charge in [0.25, 0.3) is 0 Å². The summed E-state index contributed by atoms with van der Waals surface area (Å²) >= 11 is 0. The van der Waals surface area contributed by atoms with Crippen molar-refractivity contribution in [2.24, 2.45) is 0 Å². The Kier molecular flexibility index (Phi) is 6.48. The van der Waals surface area contributed by atoms with E-state index >= 15 is 0 Å². The van der Waals surface area contributed by atoms with Crippen LogP contribution in [0.15, 0.2) is 24.4 Å². The number of pyridine rings is 1. The summed E-state index contributed by atoms with van der Waals surface area (Å²) in [6.45, 7) is 7.77. The monoisotopic (exact) mass is 275 g/mol. The van der Waals surface area contributed by atoms with E-state index in [2.05, 4.69) is 41.2 Å². The molecule has 1 saturated carbocycles. The molecule has 0 radical (unpaired) electrons. The molecule has 2 atom stereocenters. The Bertz CT molecular complexity index is 366. The highest BCUT2D eigenvalue weighted by Gasteiger charge is 2.25. The molecule has 0 bridgehead atoms. The summed E-state index contributed by atoms with van der Waals surface area (Å²) in [5, 5.41) is 3.70. The number of hydrogen-bond donors (Lipinski definition) is 1. The van der Waals surface area contributed by atoms with E-state index in [1.807, 2.05) is 12.3 Å². The van der Waals surface area contributed by atoms with Gasteiger partial charge in [-0.05, 0) is 50.9 Å². The van der Waals surface area contributed by atoms with Crippen LogP contribution in [0.25, 0.3) is 0 Å². The second kappa shape index (κ2) is 8.38. The maximum Gasteiger partial charge on any atom is 0.0544 e. The van der Waals surface area contributed by atoms with Crippen LogP contribution in [0.4, 0.5) is 0 Å². The molecule has 2 rings (SSSR count). The average Bonchev–Trinajstić information content (AvgIpc) is 2.52. The van der Waals surface area contributed by atoms with E-state index in [-0.39, 0.29) is 0 Å². The van der Waals surface area contributed by atoms with Crippen molar-refractivity contribution in [3.63, 3.8) is 0 Å². The summed E-state index contributed by atoms with van der Waals surface area (Å²) in [6.07, 6.45) is 8.45. The van der Waals surface area contributed by atoms with Crippen molar-refractivity contribution in [1.29, 1.82) is 0 Å². The Morgan fingerprint density at radius 1 is 1.30 bits per heavy atom. The van der Waals surface area contributed by atoms with Crippen LogP contribution >= 0.6 is 0 Å². The standard InChI is InChI=1S/C17H29N3/c1-3-11-18-15-9-7-10-17(13-15)20(4-2)14-16-8-5-6-12-19-16/h5-6,8,12,15,17-18H,3-4,7,9-11,13-14H2,1-2H3. The molecular formula is C17H29N3. The molecule has 0 saturated heterocycles. The first kappa shape index (κ1) is 15.5. The van der Waals surface area contributed by atoms with E-state index in [0.717, 1.165) is 19.6 Å². The zero-order valence-electron chi connectivity index (χ0n) is 13.0. The third kappa shape index (κ3) is 4.57. The van der Waals surface area contributed by atoms with Gasteiger partial charge in [0, 0.05) is 24.8 Å². The van der Waals surface area contributed by atoms with Crippen LogP contribution in [-0.2, 0) is 6.54 Å². The predicted molar refractivity (Wildman–Crippen MR) is 84.7 cm³/mol. The van der Waals surface area contributed by atoms with Crippen molar-refractivity contribution in [2.45, 2.75) is 64.6 Å². The lowest BCUT2D eigenvalue weighted by atomic mass is 9.89. The van der Waals surface area contributed by atoms with Crippen LogP contribution in [0.1, 0.15) is 51.6 Å². The molecule has 2 unspecified atom stereocenters. The first-order valence-corrected chi connectivity index (χ1v) is 8.20. The molecule has 0 spiro atoms. The highest BCUT2D eigenvalue weighted by atomic mass is 15.2. The largest absolute Gasteiger partial charge is 0.314 e. The molecule has 1 aromatic heterocycles. The first-order valence-electron chi connectivity index (χ1n) is 8.20. The van der Waals surface area contributed by atoms with E-state index < -0.39 is 0 Å². The summed E-state index contributed by atoms with van der Waals surface area (Å²) in [7, 11) is 0. The highest BCUT2D eigenvalue weighted by molar-refractivity contribution is 5.03. The third-order valence-electron chi connectivity index (χ3n) is 4.34. The summed E-state index contributed by atoms with van der Waals surface area (Å²) in [5.74, 6) is 0. The lowest BCUT2D eigenvalue weighted by molar-refractivity contribution is 0.137. The Balaban J connectivity index is 1.89. The van der Waals surface area contributed by atoms with Gasteiger partial charge in [0.15, 0.2) is 0 Å². The molecule has 1 aromatic rings. The van der Waals surface area contributed by atoms with Gasteiger partial charge >= 0.3 is 0 Å². The molecule has 0 amide bonds. The zero-order chi connectivity index (χ0) is 14.2. The van der Waals surface area contributed by atoms with Gasteiger partial charge in [-0.15, -0.1) is 0 Å². The van der Waals surface area contributed by atoms with Crippen molar-refractivity contribution in [3.8, 4) is 0 Å². The van der Waals surface area contributed by atoms with Gasteiger partial charge in [-0.1, -0.05) is 26.3 Å². The van der Waals surface area contributed by atoms with Crippen LogP contribution < -0.4 is 5.32 Å². The minimum absolute atomic E-state index is 0.713. The molecule has 0 aliphatic heterocycles. The van der Waals surface area contributed by atoms with Crippen molar-refractivity contribution >= 4 is 0 Å². The number of hydrogen-bond acceptors (Lipinski definition) is 3. The minimum Gasteiger partial charge on any atom is -0.314 e. The van der Waals surface area contributed by atoms with Crippen LogP contribution in [0.2, 0.25) is 0 Å². The topological polar surface area (TPSA) is 28.2 Å². The molecular weight excluding hydrogens is 246 g/mol. The zero-order valence-corrected chi connectivity index (χ0v) is 13.0. The molecule has 1 fully saturated rings. The van der Waals surface area contributed by atoms with E-state index in [0.29, 0.717) is 12.1 Å². The van der Waals surface area contributed by atoms with Crippen molar-refractivity contribution in [3.05, 3.63) is 30.1 Å². The highest BCUT2D eigenvalue weighted by Crippen LogP contribution is 2.24. The van der Waals surface area contributed by atoms with E-state index in [1.165, 1.54) is 37.8 Å². The molecule has 3 heteroatoms. The maximum atomic E-state index is 4.47. The molecule has 1 aliphatic carbocycles. The van der Waals surface area contributed by atoms with Crippen LogP contribution in [0, 0.1) is 0 Å². The summed E-state index contributed by atoms with van der Waals surface area (Å²) in [4.78, 5) is 7.07. The van der Waals surface area contributed by atoms with Crippen LogP contribution in [0.5, 0.6) is 0 Å². The van der Waals surface area contributed by atoms with Gasteiger partial charge in [0.05, 0.1) is 5.69 Å². The number of aromatic nitrogens is 1. The normalized spacial score (nSPS) is 23.1. The summed E-state index contributed by atoms with van der Waals surface area (Å²) in [6, 6.07) is 7.64. The molecule has 0 aromatic carbocycles. The average molecular weight is 275 g/mol. The summed E-state index contributed by atoms with van der Waals surface area (Å²) < 4.78 is 0. The third-order valence-corrected chi connectivity index (χ3v) is 4.34. The van der Waals surface area contributed by atoms with Gasteiger partial charge in [0.1, 0.15) is 0 Å². The molecule has 1 N–H and O–H groups in total. The van der Waals surface area contributed by atoms with Gasteiger partial charge in [0.2, 0.25) is 0 Å². The number of nitrogens with zero attached hydrogens (tertiary/aromatic N) is 2. The van der Waals surface area contributed by atoms with Crippen LogP contribution in [-0.4, -0.2) is 35.1 Å². The lowest BCUT2D eigenvalue weighted by Gasteiger charge is -2.37. The Hall–Kier alpha value is -0.930. The SMILES string of the molecule is CCCNC1CCCC(N(CC)Cc2ccccn2)C1. The van der Waals surface area contributed by atoms with Crippen molar-refractivity contribution in [1.82, 2.24) is 15.2 Å². The quantitative estimate of drug-likeness (QED) is 0.828. The van der Waals surface area contributed by atoms with Gasteiger partial charge in [-0.3, -0.25) is 9.88 Å². The van der Waals surface area contributed by atoms with Gasteiger partial charge in [-0.25, -0.2) is 0 Å². The summed E-state index contributed by atoms with van der Waals surface area (Å²) in [5.41, 5.74) is 1.19. The van der Waals surface area contributed by atoms with Crippen LogP contribution in [0.3, 0.4) is 0 Å². The Labute approximate surface area is 123 Å². The van der Waals surface area contributed by atoms with E-state index in [9.17, 15) is 0 Å². The smallest absolute Gasteiger partial charge is 0.0544 e. The fourth-order valence-electron chi connectivity index (χ4n) is 3.23. The second-order valence-corrected chi connectivity index (χ2v) is 5.86. The molecule has 20 heavy (non-hydrogen) atoms.